The minimum Gasteiger partial charge on any atom is -0.494 e. The Morgan fingerprint density at radius 2 is 1.50 bits per heavy atom. The molecule has 0 aromatic heterocycles. The molecule has 112 valence electrons. The Balaban J connectivity index is 1.86. The molecule has 2 aromatic rings. The Hall–Kier alpha value is -2.75. The second kappa shape index (κ2) is 6.80. The topological polar surface area (TPSA) is 47.6 Å². The maximum Gasteiger partial charge on any atom is 0.290 e. The van der Waals surface area contributed by atoms with Crippen molar-refractivity contribution in [3.05, 3.63) is 83.8 Å². The zero-order chi connectivity index (χ0) is 15.2. The molecule has 1 aliphatic rings. The lowest BCUT2D eigenvalue weighted by Gasteiger charge is -2.22. The van der Waals surface area contributed by atoms with Crippen molar-refractivity contribution in [2.75, 3.05) is 13.2 Å². The molecule has 0 atom stereocenters. The predicted octanol–water partition coefficient (Wildman–Crippen LogP) is 2.78. The molecule has 0 spiro atoms. The predicted molar refractivity (Wildman–Crippen MR) is 82.9 cm³/mol. The van der Waals surface area contributed by atoms with Crippen molar-refractivity contribution < 1.29 is 14.3 Å². The zero-order valence-electron chi connectivity index (χ0n) is 12.1. The number of nitrogens with one attached hydrogen (secondary N) is 1. The number of ether oxygens (including phenoxy) is 2. The minimum absolute atomic E-state index is 0.211. The first kappa shape index (κ1) is 14.2. The molecule has 0 radical (unpaired) electrons. The summed E-state index contributed by atoms with van der Waals surface area (Å²) >= 11 is 0. The first-order valence-electron chi connectivity index (χ1n) is 7.20. The number of benzene rings is 2. The third-order valence-corrected chi connectivity index (χ3v) is 3.41. The van der Waals surface area contributed by atoms with Crippen LogP contribution < -0.4 is 5.32 Å². The van der Waals surface area contributed by atoms with Gasteiger partial charge in [0.1, 0.15) is 19.5 Å². The lowest BCUT2D eigenvalue weighted by Crippen LogP contribution is -2.32. The lowest BCUT2D eigenvalue weighted by molar-refractivity contribution is -0.122. The minimum atomic E-state index is -0.280. The molecule has 1 N–H and O–H groups in total. The summed E-state index contributed by atoms with van der Waals surface area (Å²) < 4.78 is 10.5. The van der Waals surface area contributed by atoms with E-state index in [1.54, 1.807) is 0 Å². The summed E-state index contributed by atoms with van der Waals surface area (Å²) in [5.41, 5.74) is 2.03. The third kappa shape index (κ3) is 3.28. The highest BCUT2D eigenvalue weighted by Gasteiger charge is 2.21. The van der Waals surface area contributed by atoms with Crippen LogP contribution in [0.2, 0.25) is 0 Å². The van der Waals surface area contributed by atoms with E-state index >= 15 is 0 Å². The molecule has 0 fully saturated rings. The quantitative estimate of drug-likeness (QED) is 0.943. The number of amides is 1. The highest BCUT2D eigenvalue weighted by molar-refractivity contribution is 5.91. The Labute approximate surface area is 129 Å². The van der Waals surface area contributed by atoms with Gasteiger partial charge in [0.15, 0.2) is 0 Å². The number of hydrogen-bond donors (Lipinski definition) is 1. The summed E-state index contributed by atoms with van der Waals surface area (Å²) in [6.07, 6.45) is 1.37. The van der Waals surface area contributed by atoms with E-state index in [-0.39, 0.29) is 17.7 Å². The average molecular weight is 295 g/mol. The van der Waals surface area contributed by atoms with Gasteiger partial charge in [-0.15, -0.1) is 0 Å². The molecule has 0 bridgehead atoms. The first-order valence-corrected chi connectivity index (χ1v) is 7.20. The van der Waals surface area contributed by atoms with Gasteiger partial charge >= 0.3 is 0 Å². The Morgan fingerprint density at radius 3 is 2.00 bits per heavy atom. The fourth-order valence-corrected chi connectivity index (χ4v) is 2.34. The summed E-state index contributed by atoms with van der Waals surface area (Å²) in [5.74, 6) is -0.0690. The van der Waals surface area contributed by atoms with Gasteiger partial charge in [-0.25, -0.2) is 0 Å². The molecule has 1 amide bonds. The van der Waals surface area contributed by atoms with E-state index in [9.17, 15) is 4.79 Å². The SMILES string of the molecule is O=C(NC(c1ccccc1)c1ccccc1)C1=COCCO1. The van der Waals surface area contributed by atoms with Crippen molar-refractivity contribution in [1.82, 2.24) is 5.32 Å². The van der Waals surface area contributed by atoms with E-state index < -0.39 is 0 Å². The summed E-state index contributed by atoms with van der Waals surface area (Å²) in [6.45, 7) is 0.859. The molecule has 1 heterocycles. The van der Waals surface area contributed by atoms with E-state index in [0.717, 1.165) is 11.1 Å². The van der Waals surface area contributed by atoms with Gasteiger partial charge in [-0.05, 0) is 11.1 Å². The van der Waals surface area contributed by atoms with E-state index in [1.165, 1.54) is 6.26 Å². The van der Waals surface area contributed by atoms with Crippen molar-refractivity contribution in [3.63, 3.8) is 0 Å². The molecule has 3 rings (SSSR count). The standard InChI is InChI=1S/C18H17NO3/c20-18(16-13-21-11-12-22-16)19-17(14-7-3-1-4-8-14)15-9-5-2-6-10-15/h1-10,13,17H,11-12H2,(H,19,20). The number of carbonyl (C=O) groups excluding carboxylic acids is 1. The Morgan fingerprint density at radius 1 is 0.909 bits per heavy atom. The van der Waals surface area contributed by atoms with Crippen LogP contribution in [0.25, 0.3) is 0 Å². The van der Waals surface area contributed by atoms with Crippen LogP contribution in [-0.2, 0) is 14.3 Å². The van der Waals surface area contributed by atoms with Gasteiger partial charge in [0, 0.05) is 0 Å². The number of rotatable bonds is 4. The average Bonchev–Trinajstić information content (AvgIpc) is 2.62. The monoisotopic (exact) mass is 295 g/mol. The maximum atomic E-state index is 12.4. The van der Waals surface area contributed by atoms with Gasteiger partial charge in [-0.3, -0.25) is 4.79 Å². The van der Waals surface area contributed by atoms with Crippen LogP contribution in [-0.4, -0.2) is 19.1 Å². The van der Waals surface area contributed by atoms with Crippen LogP contribution >= 0.6 is 0 Å². The molecule has 0 unspecified atom stereocenters. The zero-order valence-corrected chi connectivity index (χ0v) is 12.1. The van der Waals surface area contributed by atoms with E-state index in [4.69, 9.17) is 9.47 Å². The van der Waals surface area contributed by atoms with Gasteiger partial charge in [0.05, 0.1) is 6.04 Å². The maximum absolute atomic E-state index is 12.4. The Kier molecular flexibility index (Phi) is 4.39. The molecule has 22 heavy (non-hydrogen) atoms. The largest absolute Gasteiger partial charge is 0.494 e. The van der Waals surface area contributed by atoms with E-state index in [2.05, 4.69) is 5.32 Å². The van der Waals surface area contributed by atoms with Crippen LogP contribution in [0.4, 0.5) is 0 Å². The van der Waals surface area contributed by atoms with Crippen LogP contribution in [0.15, 0.2) is 72.7 Å². The second-order valence-electron chi connectivity index (χ2n) is 4.93. The van der Waals surface area contributed by atoms with Crippen LogP contribution in [0, 0.1) is 0 Å². The summed E-state index contributed by atoms with van der Waals surface area (Å²) in [6, 6.07) is 19.5. The van der Waals surface area contributed by atoms with Crippen LogP contribution in [0.5, 0.6) is 0 Å². The fourth-order valence-electron chi connectivity index (χ4n) is 2.34. The first-order chi connectivity index (χ1) is 10.8. The molecule has 1 aliphatic heterocycles. The van der Waals surface area contributed by atoms with Gasteiger partial charge in [-0.1, -0.05) is 60.7 Å². The smallest absolute Gasteiger partial charge is 0.290 e. The molecule has 4 nitrogen and oxygen atoms in total. The van der Waals surface area contributed by atoms with E-state index in [1.807, 2.05) is 60.7 Å². The number of carbonyl (C=O) groups is 1. The van der Waals surface area contributed by atoms with Crippen molar-refractivity contribution in [1.29, 1.82) is 0 Å². The summed E-state index contributed by atoms with van der Waals surface area (Å²) in [5, 5.41) is 3.01. The van der Waals surface area contributed by atoms with Gasteiger partial charge in [-0.2, -0.15) is 0 Å². The highest BCUT2D eigenvalue weighted by atomic mass is 16.6. The van der Waals surface area contributed by atoms with Crippen LogP contribution in [0.3, 0.4) is 0 Å². The third-order valence-electron chi connectivity index (χ3n) is 3.41. The molecule has 0 saturated carbocycles. The fraction of sp³-hybridized carbons (Fsp3) is 0.167. The molecule has 2 aromatic carbocycles. The van der Waals surface area contributed by atoms with Crippen molar-refractivity contribution >= 4 is 5.91 Å². The highest BCUT2D eigenvalue weighted by Crippen LogP contribution is 2.22. The Bertz CT molecular complexity index is 613. The van der Waals surface area contributed by atoms with Gasteiger partial charge in [0.25, 0.3) is 5.91 Å². The van der Waals surface area contributed by atoms with Crippen LogP contribution in [0.1, 0.15) is 17.2 Å². The van der Waals surface area contributed by atoms with Gasteiger partial charge in [0.2, 0.25) is 5.76 Å². The van der Waals surface area contributed by atoms with Gasteiger partial charge < -0.3 is 14.8 Å². The van der Waals surface area contributed by atoms with Crippen molar-refractivity contribution in [2.24, 2.45) is 0 Å². The molecular formula is C18H17NO3. The number of hydrogen-bond acceptors (Lipinski definition) is 3. The lowest BCUT2D eigenvalue weighted by atomic mass is 9.98. The molecular weight excluding hydrogens is 278 g/mol. The molecule has 4 heteroatoms. The molecule has 0 saturated heterocycles. The van der Waals surface area contributed by atoms with E-state index in [0.29, 0.717) is 13.2 Å². The second-order valence-corrected chi connectivity index (χ2v) is 4.93. The van der Waals surface area contributed by atoms with Crippen molar-refractivity contribution in [3.8, 4) is 0 Å². The van der Waals surface area contributed by atoms with Crippen molar-refractivity contribution in [2.45, 2.75) is 6.04 Å². The summed E-state index contributed by atoms with van der Waals surface area (Å²) in [4.78, 5) is 12.4. The normalized spacial score (nSPS) is 13.8. The summed E-state index contributed by atoms with van der Waals surface area (Å²) in [7, 11) is 0. The molecule has 0 aliphatic carbocycles.